The van der Waals surface area contributed by atoms with Crippen LogP contribution in [0.15, 0.2) is 11.6 Å². The van der Waals surface area contributed by atoms with E-state index in [2.05, 4.69) is 19.6 Å². The van der Waals surface area contributed by atoms with Crippen molar-refractivity contribution in [3.05, 3.63) is 11.6 Å². The van der Waals surface area contributed by atoms with Gasteiger partial charge in [0.25, 0.3) is 0 Å². The summed E-state index contributed by atoms with van der Waals surface area (Å²) in [5.74, 6) is -9.97. The van der Waals surface area contributed by atoms with Gasteiger partial charge in [0.2, 0.25) is 5.79 Å². The fraction of sp³-hybridized carbons (Fsp3) is 0.625. The van der Waals surface area contributed by atoms with Gasteiger partial charge in [-0.2, -0.15) is 0 Å². The topological polar surface area (TPSA) is 256 Å². The van der Waals surface area contributed by atoms with Gasteiger partial charge in [-0.15, -0.1) is 0 Å². The minimum Gasteiger partial charge on any atom is -0.394 e. The summed E-state index contributed by atoms with van der Waals surface area (Å²) in [5, 5.41) is 67.7. The highest BCUT2D eigenvalue weighted by Crippen LogP contribution is 2.34. The molecule has 1 saturated heterocycles. The molecule has 0 spiro atoms. The molecule has 0 aromatic rings. The number of ether oxygens (including phenoxy) is 1. The van der Waals surface area contributed by atoms with Crippen molar-refractivity contribution in [3.63, 3.8) is 0 Å². The Balaban J connectivity index is 3.28. The summed E-state index contributed by atoms with van der Waals surface area (Å²) in [6.45, 7) is 0.844. The molecule has 7 atom stereocenters. The van der Waals surface area contributed by atoms with E-state index < -0.39 is 78.5 Å². The van der Waals surface area contributed by atoms with Gasteiger partial charge in [0.1, 0.15) is 30.0 Å². The summed E-state index contributed by atoms with van der Waals surface area (Å²) < 4.78 is 4.85. The van der Waals surface area contributed by atoms with E-state index in [1.807, 2.05) is 0 Å². The van der Waals surface area contributed by atoms with Crippen molar-refractivity contribution >= 4 is 23.9 Å². The Labute approximate surface area is 178 Å². The molecule has 32 heavy (non-hydrogen) atoms. The van der Waals surface area contributed by atoms with Crippen molar-refractivity contribution in [2.45, 2.75) is 56.3 Å². The van der Waals surface area contributed by atoms with Crippen LogP contribution in [0.25, 0.3) is 0 Å². The van der Waals surface area contributed by atoms with Crippen LogP contribution >= 0.6 is 0 Å². The number of hydrogen-bond acceptors (Lipinski definition) is 16. The van der Waals surface area contributed by atoms with E-state index in [1.54, 1.807) is 0 Å². The normalized spacial score (nSPS) is 30.0. The smallest absolute Gasteiger partial charge is 0.388 e. The highest BCUT2D eigenvalue weighted by molar-refractivity contribution is 5.98. The third-order valence-corrected chi connectivity index (χ3v) is 3.92. The largest absolute Gasteiger partial charge is 0.394 e. The molecule has 1 heterocycles. The second kappa shape index (κ2) is 11.2. The number of hydrogen-bond donors (Lipinski definition) is 7. The first-order valence-corrected chi connectivity index (χ1v) is 8.74. The second-order valence-electron chi connectivity index (χ2n) is 6.45. The summed E-state index contributed by atoms with van der Waals surface area (Å²) in [7, 11) is 0. The van der Waals surface area contributed by atoms with Gasteiger partial charge < -0.3 is 40.5 Å². The molecule has 16 heteroatoms. The van der Waals surface area contributed by atoms with Crippen LogP contribution in [0.1, 0.15) is 13.8 Å². The molecule has 0 amide bonds. The highest BCUT2D eigenvalue weighted by atomic mass is 17.2. The first-order valence-electron chi connectivity index (χ1n) is 8.74. The molecule has 0 radical (unpaired) electrons. The van der Waals surface area contributed by atoms with Crippen molar-refractivity contribution in [1.29, 1.82) is 0 Å². The Bertz CT molecular complexity index is 742. The molecule has 0 aromatic heterocycles. The van der Waals surface area contributed by atoms with Gasteiger partial charge in [-0.3, -0.25) is 0 Å². The summed E-state index contributed by atoms with van der Waals surface area (Å²) in [4.78, 5) is 62.6. The van der Waals surface area contributed by atoms with Crippen LogP contribution in [0.3, 0.4) is 0 Å². The summed E-state index contributed by atoms with van der Waals surface area (Å²) >= 11 is 0. The number of rotatable bonds is 6. The molecule has 1 aliphatic heterocycles. The first kappa shape index (κ1) is 27.3. The van der Waals surface area contributed by atoms with E-state index in [0.29, 0.717) is 0 Å². The predicted molar refractivity (Wildman–Crippen MR) is 90.7 cm³/mol. The summed E-state index contributed by atoms with van der Waals surface area (Å²) in [6, 6.07) is 0. The van der Waals surface area contributed by atoms with Crippen molar-refractivity contribution in [3.8, 4) is 0 Å². The Morgan fingerprint density at radius 3 is 1.91 bits per heavy atom. The lowest BCUT2D eigenvalue weighted by Crippen LogP contribution is -2.66. The Morgan fingerprint density at radius 2 is 1.44 bits per heavy atom. The van der Waals surface area contributed by atoms with Crippen LogP contribution in [0.5, 0.6) is 0 Å². The molecule has 1 aliphatic rings. The average Bonchev–Trinajstić information content (AvgIpc) is 2.74. The molecule has 7 N–H and O–H groups in total. The Kier molecular flexibility index (Phi) is 9.61. The van der Waals surface area contributed by atoms with Crippen molar-refractivity contribution in [2.75, 3.05) is 6.61 Å². The molecule has 3 unspecified atom stereocenters. The van der Waals surface area contributed by atoms with E-state index in [1.165, 1.54) is 0 Å². The van der Waals surface area contributed by atoms with Gasteiger partial charge in [0, 0.05) is 6.08 Å². The van der Waals surface area contributed by atoms with Gasteiger partial charge in [0.05, 0.1) is 6.61 Å². The lowest BCUT2D eigenvalue weighted by atomic mass is 9.87. The zero-order chi connectivity index (χ0) is 24.8. The maximum Gasteiger partial charge on any atom is 0.388 e. The van der Waals surface area contributed by atoms with Gasteiger partial charge in [0.15, 0.2) is 12.2 Å². The second-order valence-corrected chi connectivity index (χ2v) is 6.45. The number of aliphatic hydroxyl groups excluding tert-OH is 6. The van der Waals surface area contributed by atoms with Gasteiger partial charge in [-0.05, 0) is 13.8 Å². The van der Waals surface area contributed by atoms with Crippen LogP contribution in [0.2, 0.25) is 0 Å². The van der Waals surface area contributed by atoms with E-state index in [9.17, 15) is 44.7 Å². The van der Waals surface area contributed by atoms with Gasteiger partial charge in [-0.1, -0.05) is 0 Å². The van der Waals surface area contributed by atoms with Crippen molar-refractivity contribution in [1.82, 2.24) is 0 Å². The van der Waals surface area contributed by atoms with E-state index in [4.69, 9.17) is 14.9 Å². The van der Waals surface area contributed by atoms with Crippen molar-refractivity contribution in [2.24, 2.45) is 0 Å². The fourth-order valence-electron chi connectivity index (χ4n) is 2.17. The molecule has 0 saturated carbocycles. The van der Waals surface area contributed by atoms with Crippen LogP contribution in [-0.4, -0.2) is 109 Å². The van der Waals surface area contributed by atoms with Crippen molar-refractivity contribution < 1.29 is 79.2 Å². The molecular weight excluding hydrogens is 448 g/mol. The van der Waals surface area contributed by atoms with Crippen LogP contribution in [-0.2, 0) is 43.5 Å². The monoisotopic (exact) mass is 470 g/mol. The van der Waals surface area contributed by atoms with E-state index in [-0.39, 0.29) is 6.08 Å². The van der Waals surface area contributed by atoms with Gasteiger partial charge in [-0.25, -0.2) is 38.7 Å². The molecule has 0 aromatic carbocycles. The first-order chi connectivity index (χ1) is 14.8. The SMILES string of the molecule is CC(O)C(=O)OOC(=O)/C=C(\C(=O)OOC(=O)C(C)O)C1(O)O[C@H](CO)[C@@H](O)[C@H](O)[C@H]1O. The molecule has 182 valence electrons. The van der Waals surface area contributed by atoms with E-state index in [0.717, 1.165) is 13.8 Å². The summed E-state index contributed by atoms with van der Waals surface area (Å²) in [5.41, 5.74) is -1.43. The van der Waals surface area contributed by atoms with Crippen LogP contribution in [0.4, 0.5) is 0 Å². The fourth-order valence-corrected chi connectivity index (χ4v) is 2.17. The number of aliphatic hydroxyl groups is 7. The number of carbonyl (C=O) groups excluding carboxylic acids is 4. The Hall–Kier alpha value is -2.70. The highest BCUT2D eigenvalue weighted by Gasteiger charge is 2.57. The Morgan fingerprint density at radius 1 is 0.938 bits per heavy atom. The minimum absolute atomic E-state index is 0.0237. The zero-order valence-electron chi connectivity index (χ0n) is 16.6. The standard InChI is InChI=1S/C16H22O16/c1-5(18)13(24)30-29-9(20)3-7(15(26)32-31-14(25)6(2)19)16(27)12(23)11(22)10(21)8(4-17)28-16/h3,5-6,8,10-12,17-19,21-23,27H,4H2,1-2H3/b7-3+/t5?,6?,8-,10-,11+,12-,16?/m1/s1. The zero-order valence-corrected chi connectivity index (χ0v) is 16.6. The lowest BCUT2D eigenvalue weighted by Gasteiger charge is -2.45. The molecule has 0 aliphatic carbocycles. The van der Waals surface area contributed by atoms with Crippen LogP contribution in [0, 0.1) is 0 Å². The molecule has 16 nitrogen and oxygen atoms in total. The molecule has 0 bridgehead atoms. The maximum atomic E-state index is 12.3. The van der Waals surface area contributed by atoms with Gasteiger partial charge >= 0.3 is 23.9 Å². The maximum absolute atomic E-state index is 12.3. The average molecular weight is 470 g/mol. The summed E-state index contributed by atoms with van der Waals surface area (Å²) in [6.07, 6.45) is -12.0. The van der Waals surface area contributed by atoms with Crippen LogP contribution < -0.4 is 0 Å². The van der Waals surface area contributed by atoms with E-state index >= 15 is 0 Å². The molecular formula is C16H22O16. The number of carbonyl (C=O) groups is 4. The molecule has 1 rings (SSSR count). The molecule has 1 fully saturated rings. The third-order valence-electron chi connectivity index (χ3n) is 3.92. The lowest BCUT2D eigenvalue weighted by molar-refractivity contribution is -0.334. The predicted octanol–water partition coefficient (Wildman–Crippen LogP) is -5.16. The quantitative estimate of drug-likeness (QED) is 0.109. The third kappa shape index (κ3) is 6.40. The minimum atomic E-state index is -3.38.